The van der Waals surface area contributed by atoms with Crippen LogP contribution in [0.4, 0.5) is 0 Å². The van der Waals surface area contributed by atoms with Gasteiger partial charge in [-0.05, 0) is 40.8 Å². The Bertz CT molecular complexity index is 1040. The Kier molecular flexibility index (Phi) is 8.67. The fourth-order valence-electron chi connectivity index (χ4n) is 3.61. The number of hydrogen-bond donors (Lipinski definition) is 3. The van der Waals surface area contributed by atoms with Crippen LogP contribution in [-0.4, -0.2) is 63.3 Å². The van der Waals surface area contributed by atoms with Crippen molar-refractivity contribution >= 4 is 15.9 Å². The summed E-state index contributed by atoms with van der Waals surface area (Å²) in [7, 11) is -3.86. The van der Waals surface area contributed by atoms with E-state index in [1.807, 2.05) is 12.1 Å². The molecule has 1 heterocycles. The van der Waals surface area contributed by atoms with Gasteiger partial charge in [0.25, 0.3) is 5.91 Å². The van der Waals surface area contributed by atoms with Gasteiger partial charge >= 0.3 is 0 Å². The second-order valence-electron chi connectivity index (χ2n) is 9.20. The number of amides is 1. The van der Waals surface area contributed by atoms with Crippen molar-refractivity contribution in [1.82, 2.24) is 15.1 Å². The second-order valence-corrected chi connectivity index (χ2v) is 11.0. The van der Waals surface area contributed by atoms with Gasteiger partial charge in [0, 0.05) is 19.6 Å². The summed E-state index contributed by atoms with van der Waals surface area (Å²) in [5.74, 6) is -0.131. The molecule has 2 aromatic rings. The lowest BCUT2D eigenvalue weighted by atomic mass is 9.87. The van der Waals surface area contributed by atoms with Crippen LogP contribution in [0.5, 0.6) is 5.75 Å². The third kappa shape index (κ3) is 7.00. The average molecular weight is 492 g/mol. The number of rotatable bonds is 9. The van der Waals surface area contributed by atoms with E-state index in [-0.39, 0.29) is 16.9 Å². The van der Waals surface area contributed by atoms with Crippen molar-refractivity contribution in [2.24, 2.45) is 0 Å². The first-order chi connectivity index (χ1) is 16.1. The molecule has 1 saturated heterocycles. The highest BCUT2D eigenvalue weighted by Gasteiger charge is 2.29. The summed E-state index contributed by atoms with van der Waals surface area (Å²) in [6.07, 6.45) is 0. The van der Waals surface area contributed by atoms with Crippen LogP contribution in [0.2, 0.25) is 0 Å². The van der Waals surface area contributed by atoms with Gasteiger partial charge in [-0.2, -0.15) is 0 Å². The summed E-state index contributed by atoms with van der Waals surface area (Å²) >= 11 is 0. The Morgan fingerprint density at radius 1 is 1.09 bits per heavy atom. The van der Waals surface area contributed by atoms with E-state index in [0.717, 1.165) is 5.56 Å². The molecule has 0 saturated carbocycles. The maximum Gasteiger partial charge on any atom is 0.262 e. The lowest BCUT2D eigenvalue weighted by Crippen LogP contribution is -2.55. The Balaban J connectivity index is 1.58. The van der Waals surface area contributed by atoms with Crippen molar-refractivity contribution in [3.05, 3.63) is 59.7 Å². The molecule has 1 fully saturated rings. The fraction of sp³-hybridized carbons (Fsp3) is 0.458. The van der Waals surface area contributed by atoms with E-state index >= 15 is 0 Å². The van der Waals surface area contributed by atoms with Gasteiger partial charge < -0.3 is 9.47 Å². The number of hydroxylamine groups is 1. The summed E-state index contributed by atoms with van der Waals surface area (Å²) in [4.78, 5) is 13.9. The Morgan fingerprint density at radius 2 is 1.71 bits per heavy atom. The molecule has 3 N–H and O–H groups in total. The van der Waals surface area contributed by atoms with Gasteiger partial charge in [-0.1, -0.05) is 45.0 Å². The van der Waals surface area contributed by atoms with Gasteiger partial charge in [0.15, 0.2) is 0 Å². The first kappa shape index (κ1) is 26.1. The van der Waals surface area contributed by atoms with E-state index in [1.54, 1.807) is 22.5 Å². The van der Waals surface area contributed by atoms with E-state index < -0.39 is 22.0 Å². The summed E-state index contributed by atoms with van der Waals surface area (Å²) in [6.45, 7) is 8.46. The highest BCUT2D eigenvalue weighted by molar-refractivity contribution is 7.89. The zero-order chi connectivity index (χ0) is 24.8. The van der Waals surface area contributed by atoms with Gasteiger partial charge in [0.05, 0.1) is 18.1 Å². The zero-order valence-corrected chi connectivity index (χ0v) is 20.6. The molecule has 9 nitrogen and oxygen atoms in total. The molecule has 1 amide bonds. The summed E-state index contributed by atoms with van der Waals surface area (Å²) < 4.78 is 39.0. The molecule has 0 unspecified atom stereocenters. The van der Waals surface area contributed by atoms with E-state index in [9.17, 15) is 13.2 Å². The fourth-order valence-corrected chi connectivity index (χ4v) is 4.64. The van der Waals surface area contributed by atoms with Crippen LogP contribution < -0.4 is 14.9 Å². The number of benzene rings is 2. The highest BCUT2D eigenvalue weighted by Crippen LogP contribution is 2.23. The predicted octanol–water partition coefficient (Wildman–Crippen LogP) is 2.05. The largest absolute Gasteiger partial charge is 0.489 e. The molecule has 0 aliphatic carbocycles. The van der Waals surface area contributed by atoms with Gasteiger partial charge in [-0.15, -0.1) is 0 Å². The van der Waals surface area contributed by atoms with Crippen molar-refractivity contribution in [2.75, 3.05) is 32.8 Å². The third-order valence-electron chi connectivity index (χ3n) is 5.73. The number of ether oxygens (including phenoxy) is 2. The molecule has 1 aliphatic heterocycles. The molecule has 0 aromatic heterocycles. The Morgan fingerprint density at radius 3 is 2.26 bits per heavy atom. The zero-order valence-electron chi connectivity index (χ0n) is 19.8. The van der Waals surface area contributed by atoms with Crippen LogP contribution in [0.15, 0.2) is 53.4 Å². The van der Waals surface area contributed by atoms with Crippen LogP contribution in [0.25, 0.3) is 0 Å². The van der Waals surface area contributed by atoms with Crippen LogP contribution in [0, 0.1) is 0 Å². The van der Waals surface area contributed by atoms with E-state index in [1.165, 1.54) is 17.7 Å². The number of carbonyl (C=O) groups is 1. The van der Waals surface area contributed by atoms with E-state index in [2.05, 4.69) is 37.6 Å². The highest BCUT2D eigenvalue weighted by atomic mass is 32.2. The molecular formula is C24H33N3O6S. The lowest BCUT2D eigenvalue weighted by Gasteiger charge is -2.32. The summed E-state index contributed by atoms with van der Waals surface area (Å²) in [6, 6.07) is 13.5. The van der Waals surface area contributed by atoms with Crippen LogP contribution in [-0.2, 0) is 31.6 Å². The lowest BCUT2D eigenvalue weighted by molar-refractivity contribution is -0.136. The van der Waals surface area contributed by atoms with Gasteiger partial charge in [-0.25, -0.2) is 18.6 Å². The van der Waals surface area contributed by atoms with Crippen molar-refractivity contribution in [1.29, 1.82) is 0 Å². The van der Waals surface area contributed by atoms with Crippen molar-refractivity contribution in [2.45, 2.75) is 43.7 Å². The van der Waals surface area contributed by atoms with Gasteiger partial charge in [0.2, 0.25) is 10.0 Å². The minimum atomic E-state index is -3.86. The molecule has 0 spiro atoms. The molecular weight excluding hydrogens is 458 g/mol. The number of carbonyl (C=O) groups excluding carboxylic acids is 1. The maximum absolute atomic E-state index is 12.7. The molecule has 0 bridgehead atoms. The second kappa shape index (κ2) is 11.3. The van der Waals surface area contributed by atoms with E-state index in [4.69, 9.17) is 14.7 Å². The third-order valence-corrected chi connectivity index (χ3v) is 7.16. The number of sulfonamides is 1. The monoisotopic (exact) mass is 491 g/mol. The topological polar surface area (TPSA) is 117 Å². The maximum atomic E-state index is 12.7. The summed E-state index contributed by atoms with van der Waals surface area (Å²) in [5.41, 5.74) is 3.95. The molecule has 0 radical (unpaired) electrons. The first-order valence-corrected chi connectivity index (χ1v) is 12.7. The van der Waals surface area contributed by atoms with Crippen LogP contribution in [0.1, 0.15) is 31.9 Å². The quantitative estimate of drug-likeness (QED) is 0.363. The van der Waals surface area contributed by atoms with Crippen molar-refractivity contribution < 1.29 is 27.9 Å². The van der Waals surface area contributed by atoms with Crippen molar-refractivity contribution in [3.8, 4) is 5.75 Å². The molecule has 1 aliphatic rings. The van der Waals surface area contributed by atoms with Crippen LogP contribution >= 0.6 is 0 Å². The van der Waals surface area contributed by atoms with Crippen LogP contribution in [0.3, 0.4) is 0 Å². The molecule has 1 atom stereocenters. The predicted molar refractivity (Wildman–Crippen MR) is 127 cm³/mol. The Labute approximate surface area is 201 Å². The Hall–Kier alpha value is -2.50. The SMILES string of the molecule is CC(C)(C)c1ccc(COc2ccc(S(=O)(=O)NC[C@@H](C(=O)NO)N3CCOCC3)cc2)cc1. The summed E-state index contributed by atoms with van der Waals surface area (Å²) in [5, 5.41) is 9.05. The number of hydrogen-bond acceptors (Lipinski definition) is 7. The standard InChI is InChI=1S/C24H33N3O6S/c1-24(2,3)19-6-4-18(5-7-19)17-33-20-8-10-21(11-9-20)34(30,31)25-16-22(23(28)26-29)27-12-14-32-15-13-27/h4-11,22,25,29H,12-17H2,1-3H3,(H,26,28)/t22-/m0/s1. The van der Waals surface area contributed by atoms with Gasteiger partial charge in [-0.3, -0.25) is 14.9 Å². The minimum absolute atomic E-state index is 0.0551. The molecule has 2 aromatic carbocycles. The van der Waals surface area contributed by atoms with E-state index in [0.29, 0.717) is 38.7 Å². The number of nitrogens with zero attached hydrogens (tertiary/aromatic N) is 1. The number of nitrogens with one attached hydrogen (secondary N) is 2. The average Bonchev–Trinajstić information content (AvgIpc) is 2.83. The molecule has 186 valence electrons. The van der Waals surface area contributed by atoms with Gasteiger partial charge in [0.1, 0.15) is 18.4 Å². The molecule has 3 rings (SSSR count). The first-order valence-electron chi connectivity index (χ1n) is 11.2. The molecule has 10 heteroatoms. The van der Waals surface area contributed by atoms with Crippen molar-refractivity contribution in [3.63, 3.8) is 0 Å². The smallest absolute Gasteiger partial charge is 0.262 e. The number of morpholine rings is 1. The normalized spacial score (nSPS) is 16.1. The molecule has 34 heavy (non-hydrogen) atoms. The minimum Gasteiger partial charge on any atom is -0.489 e.